The van der Waals surface area contributed by atoms with Crippen molar-refractivity contribution in [2.24, 2.45) is 0 Å². The predicted octanol–water partition coefficient (Wildman–Crippen LogP) is -1.91. The Labute approximate surface area is 52.5 Å². The Hall–Kier alpha value is -0.0505. The molecule has 56 valence electrons. The first-order valence-electron chi connectivity index (χ1n) is 1.37. The molecule has 0 bridgehead atoms. The molecular weight excluding hydrogens is 223 g/mol. The van der Waals surface area contributed by atoms with Crippen LogP contribution in [-0.2, 0) is 21.3 Å². The van der Waals surface area contributed by atoms with Gasteiger partial charge in [-0.15, -0.1) is 0 Å². The Bertz CT molecular complexity index is 234. The van der Waals surface area contributed by atoms with E-state index in [4.69, 9.17) is 8.74 Å². The van der Waals surface area contributed by atoms with Crippen molar-refractivity contribution >= 4 is 23.8 Å². The minimum absolute atomic E-state index is 2.75. The van der Waals surface area contributed by atoms with Crippen LogP contribution in [0.4, 0.5) is 0 Å². The van der Waals surface area contributed by atoms with Crippen LogP contribution in [0.2, 0.25) is 0 Å². The maximum absolute atomic E-state index is 9.51. The van der Waals surface area contributed by atoms with E-state index in [1.807, 2.05) is 0 Å². The topological polar surface area (TPSA) is 118 Å². The Morgan fingerprint density at radius 1 is 1.33 bits per heavy atom. The van der Waals surface area contributed by atoms with E-state index >= 15 is 0 Å². The first-order chi connectivity index (χ1) is 3.71. The number of hydrogen-bond acceptors (Lipinski definition) is 5. The summed E-state index contributed by atoms with van der Waals surface area (Å²) in [7, 11) is -5.09. The fourth-order valence-electron chi connectivity index (χ4n) is 0.109. The van der Waals surface area contributed by atoms with Gasteiger partial charge in [0.2, 0.25) is 0 Å². The second-order valence-corrected chi connectivity index (χ2v) is 4.57. The van der Waals surface area contributed by atoms with Crippen LogP contribution in [0.25, 0.3) is 0 Å². The Morgan fingerprint density at radius 2 is 1.67 bits per heavy atom. The van der Waals surface area contributed by atoms with Crippen LogP contribution in [-0.4, -0.2) is 30.5 Å². The quantitative estimate of drug-likeness (QED) is 0.416. The summed E-state index contributed by atoms with van der Waals surface area (Å²) in [5.41, 5.74) is 0. The van der Waals surface area contributed by atoms with Gasteiger partial charge in [-0.3, -0.25) is 0 Å². The summed E-state index contributed by atoms with van der Waals surface area (Å²) < 4.78 is 55.9. The standard InChI is InChI=1S/H2O7SSe/c1-8(2,3)7-9(4,5)6/h(H,1,2,3)(H,4,5,6). The zero-order valence-corrected chi connectivity index (χ0v) is 6.28. The summed E-state index contributed by atoms with van der Waals surface area (Å²) in [5, 5.41) is 0. The molecule has 9 heavy (non-hydrogen) atoms. The van der Waals surface area contributed by atoms with Crippen LogP contribution in [0.3, 0.4) is 0 Å². The van der Waals surface area contributed by atoms with E-state index < -0.39 is 23.8 Å². The third-order valence-electron chi connectivity index (χ3n) is 0.172. The summed E-state index contributed by atoms with van der Waals surface area (Å²) in [6, 6.07) is 0. The summed E-state index contributed by atoms with van der Waals surface area (Å²) in [6.07, 6.45) is 0. The predicted molar refractivity (Wildman–Crippen MR) is 22.0 cm³/mol. The molecule has 0 aliphatic heterocycles. The number of rotatable bonds is 2. The van der Waals surface area contributed by atoms with Crippen molar-refractivity contribution < 1.29 is 28.1 Å². The maximum atomic E-state index is 9.51. The third-order valence-corrected chi connectivity index (χ3v) is 2.68. The van der Waals surface area contributed by atoms with E-state index in [9.17, 15) is 16.1 Å². The molecule has 0 rings (SSSR count). The Morgan fingerprint density at radius 3 is 1.67 bits per heavy atom. The van der Waals surface area contributed by atoms with Gasteiger partial charge < -0.3 is 0 Å². The second-order valence-electron chi connectivity index (χ2n) is 0.924. The second kappa shape index (κ2) is 2.29. The van der Waals surface area contributed by atoms with Gasteiger partial charge in [0.15, 0.2) is 0 Å². The summed E-state index contributed by atoms with van der Waals surface area (Å²) >= 11 is -5.79. The molecule has 0 aliphatic rings. The van der Waals surface area contributed by atoms with Gasteiger partial charge in [-0.1, -0.05) is 0 Å². The van der Waals surface area contributed by atoms with Gasteiger partial charge >= 0.3 is 51.9 Å². The van der Waals surface area contributed by atoms with Crippen LogP contribution in [0.5, 0.6) is 0 Å². The minimum atomic E-state index is -5.79. The molecule has 0 aliphatic carbocycles. The average molecular weight is 225 g/mol. The molecule has 0 saturated carbocycles. The molecule has 0 radical (unpaired) electrons. The molecule has 9 heteroatoms. The van der Waals surface area contributed by atoms with E-state index in [0.717, 1.165) is 0 Å². The van der Waals surface area contributed by atoms with Gasteiger partial charge in [0.05, 0.1) is 0 Å². The molecule has 0 heterocycles. The molecule has 7 nitrogen and oxygen atoms in total. The molecular formula is H2O7SSe. The molecule has 0 aromatic rings. The molecule has 0 spiro atoms. The van der Waals surface area contributed by atoms with Crippen LogP contribution < -0.4 is 0 Å². The van der Waals surface area contributed by atoms with Crippen LogP contribution in [0.1, 0.15) is 0 Å². The molecule has 2 N–H and O–H groups in total. The van der Waals surface area contributed by atoms with Crippen molar-refractivity contribution in [3.8, 4) is 0 Å². The van der Waals surface area contributed by atoms with Crippen LogP contribution >= 0.6 is 0 Å². The molecule has 0 amide bonds. The first-order valence-corrected chi connectivity index (χ1v) is 5.59. The van der Waals surface area contributed by atoms with Crippen molar-refractivity contribution in [3.63, 3.8) is 0 Å². The van der Waals surface area contributed by atoms with Crippen molar-refractivity contribution in [2.75, 3.05) is 0 Å². The van der Waals surface area contributed by atoms with Gasteiger partial charge in [0.25, 0.3) is 0 Å². The van der Waals surface area contributed by atoms with Gasteiger partial charge in [-0.05, 0) is 0 Å². The first kappa shape index (κ1) is 8.95. The third kappa shape index (κ3) is 7.95. The average Bonchev–Trinajstić information content (AvgIpc) is 1.14. The molecule has 0 fully saturated rings. The van der Waals surface area contributed by atoms with Crippen molar-refractivity contribution in [3.05, 3.63) is 0 Å². The van der Waals surface area contributed by atoms with E-state index in [1.165, 1.54) is 0 Å². The van der Waals surface area contributed by atoms with Crippen molar-refractivity contribution in [1.82, 2.24) is 0 Å². The molecule has 0 atom stereocenters. The summed E-state index contributed by atoms with van der Waals surface area (Å²) in [4.78, 5) is 0. The molecule has 0 unspecified atom stereocenters. The van der Waals surface area contributed by atoms with Gasteiger partial charge in [0, 0.05) is 0 Å². The van der Waals surface area contributed by atoms with Crippen molar-refractivity contribution in [1.29, 1.82) is 0 Å². The van der Waals surface area contributed by atoms with Gasteiger partial charge in [-0.25, -0.2) is 0 Å². The Balaban J connectivity index is 4.46. The van der Waals surface area contributed by atoms with E-state index in [-0.39, 0.29) is 0 Å². The molecule has 0 saturated heterocycles. The Kier molecular flexibility index (Phi) is 2.28. The normalized spacial score (nSPS) is 13.6. The monoisotopic (exact) mass is 226 g/mol. The van der Waals surface area contributed by atoms with E-state index in [0.29, 0.717) is 0 Å². The van der Waals surface area contributed by atoms with E-state index in [1.54, 1.807) is 0 Å². The molecule has 0 aromatic heterocycles. The number of hydrogen-bond donors (Lipinski definition) is 2. The van der Waals surface area contributed by atoms with Crippen LogP contribution in [0, 0.1) is 0 Å². The summed E-state index contributed by atoms with van der Waals surface area (Å²) in [5.74, 6) is 0. The summed E-state index contributed by atoms with van der Waals surface area (Å²) in [6.45, 7) is 0. The van der Waals surface area contributed by atoms with Crippen molar-refractivity contribution in [2.45, 2.75) is 0 Å². The molecule has 0 aromatic carbocycles. The zero-order valence-electron chi connectivity index (χ0n) is 3.75. The van der Waals surface area contributed by atoms with E-state index in [2.05, 4.69) is 3.27 Å². The zero-order chi connectivity index (χ0) is 7.71. The van der Waals surface area contributed by atoms with Gasteiger partial charge in [-0.2, -0.15) is 0 Å². The fraction of sp³-hybridized carbons (Fsp3) is 0. The SMILES string of the molecule is O=S(=O)(O)O[Se](=O)(=O)O. The van der Waals surface area contributed by atoms with Crippen LogP contribution in [0.15, 0.2) is 0 Å². The fourth-order valence-corrected chi connectivity index (χ4v) is 1.69. The van der Waals surface area contributed by atoms with Gasteiger partial charge in [0.1, 0.15) is 0 Å².